The summed E-state index contributed by atoms with van der Waals surface area (Å²) in [4.78, 5) is 4.30. The summed E-state index contributed by atoms with van der Waals surface area (Å²) in [6, 6.07) is 8.11. The van der Waals surface area contributed by atoms with Gasteiger partial charge in [-0.2, -0.15) is 0 Å². The Labute approximate surface area is 104 Å². The number of nitrogens with one attached hydrogen (secondary N) is 1. The maximum atomic E-state index is 5.80. The molecule has 0 unspecified atom stereocenters. The van der Waals surface area contributed by atoms with Crippen LogP contribution in [0.5, 0.6) is 0 Å². The molecule has 0 aromatic heterocycles. The fraction of sp³-hybridized carbons (Fsp3) is 0.500. The molecule has 3 N–H and O–H groups in total. The monoisotopic (exact) mass is 233 g/mol. The molecular formula is C14H23N3. The zero-order chi connectivity index (χ0) is 12.7. The normalized spacial score (nSPS) is 11.9. The van der Waals surface area contributed by atoms with E-state index in [1.54, 1.807) is 0 Å². The van der Waals surface area contributed by atoms with Gasteiger partial charge in [0, 0.05) is 12.2 Å². The lowest BCUT2D eigenvalue weighted by atomic mass is 10.1. The fourth-order valence-corrected chi connectivity index (χ4v) is 1.52. The van der Waals surface area contributed by atoms with Gasteiger partial charge in [-0.1, -0.05) is 31.5 Å². The second kappa shape index (κ2) is 6.94. The van der Waals surface area contributed by atoms with E-state index in [-0.39, 0.29) is 0 Å². The molecule has 0 radical (unpaired) electrons. The minimum Gasteiger partial charge on any atom is -0.370 e. The zero-order valence-electron chi connectivity index (χ0n) is 11.0. The van der Waals surface area contributed by atoms with Gasteiger partial charge in [0.05, 0.1) is 0 Å². The number of hydrogen-bond acceptors (Lipinski definition) is 1. The Balaban J connectivity index is 2.35. The molecule has 94 valence electrons. The van der Waals surface area contributed by atoms with Crippen molar-refractivity contribution in [2.75, 3.05) is 11.9 Å². The van der Waals surface area contributed by atoms with E-state index in [0.29, 0.717) is 5.96 Å². The van der Waals surface area contributed by atoms with Gasteiger partial charge < -0.3 is 11.1 Å². The van der Waals surface area contributed by atoms with Crippen molar-refractivity contribution in [2.24, 2.45) is 16.6 Å². The van der Waals surface area contributed by atoms with Gasteiger partial charge in [0.1, 0.15) is 0 Å². The van der Waals surface area contributed by atoms with Crippen molar-refractivity contribution in [2.45, 2.75) is 33.6 Å². The molecule has 0 aliphatic carbocycles. The molecule has 1 aromatic rings. The molecule has 0 aliphatic heterocycles. The molecule has 3 heteroatoms. The molecule has 0 saturated heterocycles. The van der Waals surface area contributed by atoms with Crippen LogP contribution >= 0.6 is 0 Å². The van der Waals surface area contributed by atoms with Gasteiger partial charge in [-0.15, -0.1) is 0 Å². The highest BCUT2D eigenvalue weighted by molar-refractivity contribution is 5.92. The Morgan fingerprint density at radius 1 is 1.29 bits per heavy atom. The van der Waals surface area contributed by atoms with Gasteiger partial charge in [0.2, 0.25) is 0 Å². The molecule has 0 atom stereocenters. The Hall–Kier alpha value is -1.51. The number of aryl methyl sites for hydroxylation is 1. The molecular weight excluding hydrogens is 210 g/mol. The summed E-state index contributed by atoms with van der Waals surface area (Å²) in [5.41, 5.74) is 8.03. The third-order valence-electron chi connectivity index (χ3n) is 2.55. The quantitative estimate of drug-likeness (QED) is 0.466. The Bertz CT molecular complexity index is 352. The van der Waals surface area contributed by atoms with E-state index >= 15 is 0 Å². The summed E-state index contributed by atoms with van der Waals surface area (Å²) in [5, 5.41) is 3.08. The maximum Gasteiger partial charge on any atom is 0.193 e. The van der Waals surface area contributed by atoms with E-state index in [1.165, 1.54) is 12.0 Å². The zero-order valence-corrected chi connectivity index (χ0v) is 11.0. The predicted molar refractivity (Wildman–Crippen MR) is 75.4 cm³/mol. The summed E-state index contributed by atoms with van der Waals surface area (Å²) < 4.78 is 0. The van der Waals surface area contributed by atoms with Gasteiger partial charge in [0.15, 0.2) is 5.96 Å². The van der Waals surface area contributed by atoms with Crippen LogP contribution in [0.2, 0.25) is 0 Å². The first-order chi connectivity index (χ1) is 8.08. The highest BCUT2D eigenvalue weighted by Crippen LogP contribution is 2.08. The maximum absolute atomic E-state index is 5.80. The van der Waals surface area contributed by atoms with Gasteiger partial charge in [0.25, 0.3) is 0 Å². The molecule has 3 nitrogen and oxygen atoms in total. The fourth-order valence-electron chi connectivity index (χ4n) is 1.52. The molecule has 0 bridgehead atoms. The predicted octanol–water partition coefficient (Wildman–Crippen LogP) is 3.16. The van der Waals surface area contributed by atoms with Gasteiger partial charge in [-0.25, -0.2) is 0 Å². The highest BCUT2D eigenvalue weighted by Gasteiger charge is 1.95. The summed E-state index contributed by atoms with van der Waals surface area (Å²) in [7, 11) is 0. The van der Waals surface area contributed by atoms with Gasteiger partial charge >= 0.3 is 0 Å². The average molecular weight is 233 g/mol. The van der Waals surface area contributed by atoms with E-state index in [2.05, 4.69) is 31.1 Å². The van der Waals surface area contributed by atoms with Crippen LogP contribution in [0.25, 0.3) is 0 Å². The van der Waals surface area contributed by atoms with Crippen LogP contribution in [-0.4, -0.2) is 12.5 Å². The first-order valence-electron chi connectivity index (χ1n) is 6.21. The number of anilines is 1. The van der Waals surface area contributed by atoms with Gasteiger partial charge in [-0.3, -0.25) is 4.99 Å². The summed E-state index contributed by atoms with van der Waals surface area (Å²) in [6.45, 7) is 7.30. The molecule has 17 heavy (non-hydrogen) atoms. The molecule has 0 amide bonds. The molecule has 1 rings (SSSR count). The van der Waals surface area contributed by atoms with E-state index in [1.807, 2.05) is 24.3 Å². The average Bonchev–Trinajstić information content (AvgIpc) is 2.27. The van der Waals surface area contributed by atoms with E-state index in [9.17, 15) is 0 Å². The first-order valence-corrected chi connectivity index (χ1v) is 6.21. The smallest absolute Gasteiger partial charge is 0.193 e. The Kier molecular flexibility index (Phi) is 5.53. The Morgan fingerprint density at radius 2 is 1.94 bits per heavy atom. The van der Waals surface area contributed by atoms with Crippen molar-refractivity contribution in [1.29, 1.82) is 0 Å². The second-order valence-corrected chi connectivity index (χ2v) is 4.79. The summed E-state index contributed by atoms with van der Waals surface area (Å²) in [6.07, 6.45) is 2.29. The largest absolute Gasteiger partial charge is 0.370 e. The van der Waals surface area contributed by atoms with Crippen LogP contribution in [0, 0.1) is 12.8 Å². The summed E-state index contributed by atoms with van der Waals surface area (Å²) >= 11 is 0. The number of nitrogens with two attached hydrogens (primary N) is 1. The van der Waals surface area contributed by atoms with Crippen molar-refractivity contribution in [3.05, 3.63) is 29.8 Å². The van der Waals surface area contributed by atoms with Crippen LogP contribution in [0.3, 0.4) is 0 Å². The third kappa shape index (κ3) is 5.95. The van der Waals surface area contributed by atoms with Crippen molar-refractivity contribution >= 4 is 11.6 Å². The highest BCUT2D eigenvalue weighted by atomic mass is 15.1. The minimum atomic E-state index is 0.498. The van der Waals surface area contributed by atoms with Gasteiger partial charge in [-0.05, 0) is 37.8 Å². The van der Waals surface area contributed by atoms with Crippen LogP contribution in [0.15, 0.2) is 29.3 Å². The van der Waals surface area contributed by atoms with E-state index in [0.717, 1.165) is 24.6 Å². The molecule has 0 heterocycles. The first kappa shape index (κ1) is 13.6. The van der Waals surface area contributed by atoms with Crippen LogP contribution < -0.4 is 11.1 Å². The number of guanidine groups is 1. The second-order valence-electron chi connectivity index (χ2n) is 4.79. The van der Waals surface area contributed by atoms with E-state index < -0.39 is 0 Å². The van der Waals surface area contributed by atoms with Crippen LogP contribution in [-0.2, 0) is 0 Å². The van der Waals surface area contributed by atoms with Crippen molar-refractivity contribution in [3.63, 3.8) is 0 Å². The number of nitrogens with zero attached hydrogens (tertiary/aromatic N) is 1. The topological polar surface area (TPSA) is 50.4 Å². The molecule has 0 fully saturated rings. The summed E-state index contributed by atoms with van der Waals surface area (Å²) in [5.74, 6) is 1.23. The lowest BCUT2D eigenvalue weighted by Crippen LogP contribution is -2.22. The van der Waals surface area contributed by atoms with E-state index in [4.69, 9.17) is 5.73 Å². The van der Waals surface area contributed by atoms with Crippen molar-refractivity contribution < 1.29 is 0 Å². The van der Waals surface area contributed by atoms with Crippen molar-refractivity contribution in [3.8, 4) is 0 Å². The SMILES string of the molecule is Cc1ccc(NC(N)=NCCCC(C)C)cc1. The van der Waals surface area contributed by atoms with Crippen LogP contribution in [0.4, 0.5) is 5.69 Å². The van der Waals surface area contributed by atoms with Crippen molar-refractivity contribution in [1.82, 2.24) is 0 Å². The number of aliphatic imine (C=N–C) groups is 1. The third-order valence-corrected chi connectivity index (χ3v) is 2.55. The lowest BCUT2D eigenvalue weighted by molar-refractivity contribution is 0.561. The number of rotatable bonds is 5. The van der Waals surface area contributed by atoms with Crippen LogP contribution in [0.1, 0.15) is 32.3 Å². The molecule has 0 spiro atoms. The molecule has 0 saturated carbocycles. The lowest BCUT2D eigenvalue weighted by Gasteiger charge is -2.06. The minimum absolute atomic E-state index is 0.498. The molecule has 1 aromatic carbocycles. The standard InChI is InChI=1S/C14H23N3/c1-11(2)5-4-10-16-14(15)17-13-8-6-12(3)7-9-13/h6-9,11H,4-5,10H2,1-3H3,(H3,15,16,17). The number of benzene rings is 1. The molecule has 0 aliphatic rings. The Morgan fingerprint density at radius 3 is 2.53 bits per heavy atom. The number of hydrogen-bond donors (Lipinski definition) is 2.